The van der Waals surface area contributed by atoms with Gasteiger partial charge in [-0.25, -0.2) is 10.4 Å². The molecule has 158 valence electrons. The Morgan fingerprint density at radius 3 is 2.61 bits per heavy atom. The lowest BCUT2D eigenvalue weighted by molar-refractivity contribution is 0.0948. The minimum absolute atomic E-state index is 0.341. The summed E-state index contributed by atoms with van der Waals surface area (Å²) < 4.78 is 3.88. The van der Waals surface area contributed by atoms with Gasteiger partial charge in [0.1, 0.15) is 11.3 Å². The highest BCUT2D eigenvalue weighted by Gasteiger charge is 2.17. The van der Waals surface area contributed by atoms with Crippen molar-refractivity contribution in [1.82, 2.24) is 19.4 Å². The number of halogens is 1. The molecular weight excluding hydrogens is 410 g/mol. The first-order valence-corrected chi connectivity index (χ1v) is 10.4. The van der Waals surface area contributed by atoms with Crippen molar-refractivity contribution in [3.05, 3.63) is 87.1 Å². The molecule has 0 fully saturated rings. The number of aromatic nitrogens is 3. The Bertz CT molecular complexity index is 1350. The van der Waals surface area contributed by atoms with Gasteiger partial charge in [0.2, 0.25) is 0 Å². The summed E-state index contributed by atoms with van der Waals surface area (Å²) in [7, 11) is 0. The SMILES string of the molecule is Cc1ccc(-n2c(C)cc(C=NNC(=O)c3c(C)nc4ccc(Cl)cn34)c2C)c(C)c1. The summed E-state index contributed by atoms with van der Waals surface area (Å²) in [6, 6.07) is 12.0. The molecule has 0 bridgehead atoms. The van der Waals surface area contributed by atoms with Gasteiger partial charge in [-0.15, -0.1) is 0 Å². The van der Waals surface area contributed by atoms with Crippen molar-refractivity contribution < 1.29 is 4.79 Å². The van der Waals surface area contributed by atoms with Gasteiger partial charge in [0.15, 0.2) is 0 Å². The molecule has 1 N–H and O–H groups in total. The van der Waals surface area contributed by atoms with Gasteiger partial charge in [-0.1, -0.05) is 29.3 Å². The topological polar surface area (TPSA) is 63.7 Å². The Labute approximate surface area is 186 Å². The number of carbonyl (C=O) groups excluding carboxylic acids is 1. The van der Waals surface area contributed by atoms with Crippen LogP contribution in [-0.4, -0.2) is 26.1 Å². The number of carbonyl (C=O) groups is 1. The Morgan fingerprint density at radius 1 is 1.10 bits per heavy atom. The maximum Gasteiger partial charge on any atom is 0.290 e. The number of hydrogen-bond donors (Lipinski definition) is 1. The van der Waals surface area contributed by atoms with Crippen molar-refractivity contribution in [1.29, 1.82) is 0 Å². The van der Waals surface area contributed by atoms with E-state index in [-0.39, 0.29) is 5.91 Å². The van der Waals surface area contributed by atoms with Crippen LogP contribution in [0.3, 0.4) is 0 Å². The number of fused-ring (bicyclic) bond motifs is 1. The number of benzene rings is 1. The number of nitrogens with zero attached hydrogens (tertiary/aromatic N) is 4. The summed E-state index contributed by atoms with van der Waals surface area (Å²) in [4.78, 5) is 17.2. The number of aryl methyl sites for hydroxylation is 4. The normalized spacial score (nSPS) is 11.5. The van der Waals surface area contributed by atoms with E-state index >= 15 is 0 Å². The van der Waals surface area contributed by atoms with Crippen molar-refractivity contribution in [3.63, 3.8) is 0 Å². The standard InChI is InChI=1S/C24H24ClN5O/c1-14-6-8-21(15(2)10-14)30-16(3)11-19(18(30)5)12-26-28-24(31)23-17(4)27-22-9-7-20(25)13-29(22)23/h6-13H,1-5H3,(H,28,31). The average molecular weight is 434 g/mol. The molecule has 6 nitrogen and oxygen atoms in total. The first-order chi connectivity index (χ1) is 14.8. The number of pyridine rings is 1. The highest BCUT2D eigenvalue weighted by Crippen LogP contribution is 2.23. The van der Waals surface area contributed by atoms with E-state index in [9.17, 15) is 4.79 Å². The predicted molar refractivity (Wildman–Crippen MR) is 125 cm³/mol. The van der Waals surface area contributed by atoms with Crippen LogP contribution in [0.15, 0.2) is 47.7 Å². The summed E-state index contributed by atoms with van der Waals surface area (Å²) in [5, 5.41) is 4.73. The van der Waals surface area contributed by atoms with Crippen molar-refractivity contribution in [2.75, 3.05) is 0 Å². The van der Waals surface area contributed by atoms with Crippen molar-refractivity contribution >= 4 is 29.4 Å². The lowest BCUT2D eigenvalue weighted by Crippen LogP contribution is -2.20. The Kier molecular flexibility index (Phi) is 5.41. The molecule has 0 saturated carbocycles. The summed E-state index contributed by atoms with van der Waals surface area (Å²) >= 11 is 6.08. The van der Waals surface area contributed by atoms with Crippen LogP contribution in [0, 0.1) is 34.6 Å². The van der Waals surface area contributed by atoms with E-state index in [2.05, 4.69) is 65.1 Å². The molecule has 3 heterocycles. The van der Waals surface area contributed by atoms with Crippen LogP contribution in [0.4, 0.5) is 0 Å². The van der Waals surface area contributed by atoms with Gasteiger partial charge in [0, 0.05) is 28.8 Å². The Balaban J connectivity index is 1.60. The Hall–Kier alpha value is -3.38. The van der Waals surface area contributed by atoms with Gasteiger partial charge >= 0.3 is 0 Å². The number of amides is 1. The molecule has 0 aliphatic carbocycles. The van der Waals surface area contributed by atoms with E-state index < -0.39 is 0 Å². The van der Waals surface area contributed by atoms with E-state index in [0.29, 0.717) is 22.1 Å². The second-order valence-electron chi connectivity index (χ2n) is 7.77. The van der Waals surface area contributed by atoms with Crippen LogP contribution in [-0.2, 0) is 0 Å². The number of rotatable bonds is 4. The van der Waals surface area contributed by atoms with E-state index in [0.717, 1.165) is 22.6 Å². The minimum atomic E-state index is -0.341. The third kappa shape index (κ3) is 3.86. The molecule has 0 atom stereocenters. The van der Waals surface area contributed by atoms with E-state index in [1.807, 2.05) is 6.92 Å². The zero-order valence-corrected chi connectivity index (χ0v) is 18.9. The van der Waals surface area contributed by atoms with Gasteiger partial charge < -0.3 is 4.57 Å². The predicted octanol–water partition coefficient (Wildman–Crippen LogP) is 5.08. The molecule has 0 unspecified atom stereocenters. The maximum atomic E-state index is 12.8. The molecule has 1 aromatic carbocycles. The quantitative estimate of drug-likeness (QED) is 0.360. The third-order valence-electron chi connectivity index (χ3n) is 5.41. The van der Waals surface area contributed by atoms with Crippen molar-refractivity contribution in [2.45, 2.75) is 34.6 Å². The first-order valence-electron chi connectivity index (χ1n) is 10.0. The maximum absolute atomic E-state index is 12.8. The van der Waals surface area contributed by atoms with Crippen LogP contribution in [0.5, 0.6) is 0 Å². The largest absolute Gasteiger partial charge is 0.318 e. The zero-order chi connectivity index (χ0) is 22.3. The molecule has 3 aromatic heterocycles. The summed E-state index contributed by atoms with van der Waals surface area (Å²) in [6.07, 6.45) is 3.35. The van der Waals surface area contributed by atoms with Gasteiger partial charge in [-0.05, 0) is 64.4 Å². The summed E-state index contributed by atoms with van der Waals surface area (Å²) in [6.45, 7) is 10.1. The second-order valence-corrected chi connectivity index (χ2v) is 8.21. The lowest BCUT2D eigenvalue weighted by Gasteiger charge is -2.13. The molecular formula is C24H24ClN5O. The molecule has 0 aliphatic heterocycles. The molecule has 0 radical (unpaired) electrons. The number of nitrogens with one attached hydrogen (secondary N) is 1. The van der Waals surface area contributed by atoms with Crippen LogP contribution in [0.1, 0.15) is 44.3 Å². The number of imidazole rings is 1. The molecule has 4 aromatic rings. The van der Waals surface area contributed by atoms with Crippen LogP contribution >= 0.6 is 11.6 Å². The molecule has 0 saturated heterocycles. The van der Waals surface area contributed by atoms with Gasteiger partial charge in [0.25, 0.3) is 5.91 Å². The fraction of sp³-hybridized carbons (Fsp3) is 0.208. The molecule has 1 amide bonds. The van der Waals surface area contributed by atoms with Gasteiger partial charge in [-0.3, -0.25) is 9.20 Å². The van der Waals surface area contributed by atoms with E-state index in [1.54, 1.807) is 35.9 Å². The number of hydrazone groups is 1. The van der Waals surface area contributed by atoms with Crippen molar-refractivity contribution in [2.24, 2.45) is 5.10 Å². The van der Waals surface area contributed by atoms with Crippen molar-refractivity contribution in [3.8, 4) is 5.69 Å². The summed E-state index contributed by atoms with van der Waals surface area (Å²) in [5.74, 6) is -0.341. The second kappa shape index (κ2) is 8.04. The van der Waals surface area contributed by atoms with E-state index in [1.165, 1.54) is 11.1 Å². The fourth-order valence-corrected chi connectivity index (χ4v) is 4.13. The molecule has 31 heavy (non-hydrogen) atoms. The molecule has 0 aliphatic rings. The minimum Gasteiger partial charge on any atom is -0.318 e. The lowest BCUT2D eigenvalue weighted by atomic mass is 10.1. The summed E-state index contributed by atoms with van der Waals surface area (Å²) in [5.41, 5.74) is 11.0. The monoisotopic (exact) mass is 433 g/mol. The average Bonchev–Trinajstić information content (AvgIpc) is 3.17. The van der Waals surface area contributed by atoms with Gasteiger partial charge in [0.05, 0.1) is 16.9 Å². The molecule has 4 rings (SSSR count). The zero-order valence-electron chi connectivity index (χ0n) is 18.2. The van der Waals surface area contributed by atoms with Crippen LogP contribution in [0.25, 0.3) is 11.3 Å². The third-order valence-corrected chi connectivity index (χ3v) is 5.63. The Morgan fingerprint density at radius 2 is 1.87 bits per heavy atom. The van der Waals surface area contributed by atoms with Crippen LogP contribution < -0.4 is 5.43 Å². The highest BCUT2D eigenvalue weighted by atomic mass is 35.5. The van der Waals surface area contributed by atoms with E-state index in [4.69, 9.17) is 11.6 Å². The molecule has 7 heteroatoms. The fourth-order valence-electron chi connectivity index (χ4n) is 3.97. The van der Waals surface area contributed by atoms with Gasteiger partial charge in [-0.2, -0.15) is 5.10 Å². The highest BCUT2D eigenvalue weighted by molar-refractivity contribution is 6.30. The number of hydrogen-bond acceptors (Lipinski definition) is 3. The smallest absolute Gasteiger partial charge is 0.290 e. The van der Waals surface area contributed by atoms with Crippen LogP contribution in [0.2, 0.25) is 5.02 Å². The molecule has 0 spiro atoms. The first kappa shape index (κ1) is 20.9.